The van der Waals surface area contributed by atoms with Gasteiger partial charge in [-0.25, -0.2) is 4.79 Å². The van der Waals surface area contributed by atoms with Gasteiger partial charge in [-0.1, -0.05) is 12.1 Å². The second-order valence-corrected chi connectivity index (χ2v) is 8.02. The number of hydrogen-bond donors (Lipinski definition) is 0. The highest BCUT2D eigenvalue weighted by Crippen LogP contribution is 2.38. The van der Waals surface area contributed by atoms with E-state index in [9.17, 15) is 4.79 Å². The average molecular weight is 328 g/mol. The normalized spacial score (nSPS) is 23.7. The molecule has 4 nitrogen and oxygen atoms in total. The van der Waals surface area contributed by atoms with Gasteiger partial charge >= 0.3 is 6.09 Å². The van der Waals surface area contributed by atoms with E-state index in [1.165, 1.54) is 17.6 Å². The molecular formula is C20H28N2O2. The fourth-order valence-corrected chi connectivity index (χ4v) is 3.85. The number of carbonyl (C=O) groups is 1. The summed E-state index contributed by atoms with van der Waals surface area (Å²) in [5.41, 5.74) is 4.22. The van der Waals surface area contributed by atoms with E-state index in [1.54, 1.807) is 0 Å². The lowest BCUT2D eigenvalue weighted by atomic mass is 9.82. The molecule has 1 aromatic rings. The zero-order valence-electron chi connectivity index (χ0n) is 15.4. The summed E-state index contributed by atoms with van der Waals surface area (Å²) in [6, 6.07) is 4.61. The summed E-state index contributed by atoms with van der Waals surface area (Å²) in [4.78, 5) is 19.2. The number of piperidine rings is 1. The molecule has 2 atom stereocenters. The Morgan fingerprint density at radius 3 is 2.62 bits per heavy atom. The van der Waals surface area contributed by atoms with Crippen molar-refractivity contribution in [3.8, 4) is 0 Å². The molecule has 1 fully saturated rings. The van der Waals surface area contributed by atoms with E-state index >= 15 is 0 Å². The molecule has 130 valence electrons. The molecule has 2 aliphatic heterocycles. The van der Waals surface area contributed by atoms with E-state index < -0.39 is 5.60 Å². The fraction of sp³-hybridized carbons (Fsp3) is 0.600. The molecule has 2 aliphatic rings. The fourth-order valence-electron chi connectivity index (χ4n) is 3.85. The number of rotatable bonds is 1. The number of pyridine rings is 1. The summed E-state index contributed by atoms with van der Waals surface area (Å²) in [6.07, 6.45) is 6.21. The highest BCUT2D eigenvalue weighted by atomic mass is 16.6. The van der Waals surface area contributed by atoms with E-state index in [2.05, 4.69) is 30.1 Å². The number of ether oxygens (including phenoxy) is 1. The van der Waals surface area contributed by atoms with Crippen molar-refractivity contribution in [2.45, 2.75) is 78.0 Å². The van der Waals surface area contributed by atoms with Crippen LogP contribution in [0, 0.1) is 13.8 Å². The van der Waals surface area contributed by atoms with Gasteiger partial charge in [0, 0.05) is 17.4 Å². The summed E-state index contributed by atoms with van der Waals surface area (Å²) in [5.74, 6) is 0. The number of fused-ring (bicyclic) bond motifs is 2. The molecule has 2 unspecified atom stereocenters. The number of amides is 1. The molecule has 3 heterocycles. The molecule has 1 saturated heterocycles. The van der Waals surface area contributed by atoms with Crippen LogP contribution in [0.15, 0.2) is 18.2 Å². The smallest absolute Gasteiger partial charge is 0.411 e. The molecule has 24 heavy (non-hydrogen) atoms. The lowest BCUT2D eigenvalue weighted by Gasteiger charge is -2.45. The van der Waals surface area contributed by atoms with Gasteiger partial charge in [-0.05, 0) is 77.5 Å². The first-order chi connectivity index (χ1) is 11.2. The van der Waals surface area contributed by atoms with Crippen molar-refractivity contribution in [3.63, 3.8) is 0 Å². The van der Waals surface area contributed by atoms with Gasteiger partial charge in [0.15, 0.2) is 0 Å². The summed E-state index contributed by atoms with van der Waals surface area (Å²) >= 11 is 0. The molecule has 0 aromatic carbocycles. The first-order valence-electron chi connectivity index (χ1n) is 8.91. The molecule has 0 saturated carbocycles. The molecular weight excluding hydrogens is 300 g/mol. The highest BCUT2D eigenvalue weighted by molar-refractivity contribution is 5.75. The van der Waals surface area contributed by atoms with Gasteiger partial charge in [0.25, 0.3) is 0 Å². The summed E-state index contributed by atoms with van der Waals surface area (Å²) < 4.78 is 5.64. The van der Waals surface area contributed by atoms with Crippen molar-refractivity contribution in [2.24, 2.45) is 0 Å². The predicted octanol–water partition coefficient (Wildman–Crippen LogP) is 4.64. The Hall–Kier alpha value is -1.84. The van der Waals surface area contributed by atoms with Gasteiger partial charge in [-0.2, -0.15) is 0 Å². The maximum absolute atomic E-state index is 12.6. The molecule has 1 aromatic heterocycles. The molecule has 1 amide bonds. The summed E-state index contributed by atoms with van der Waals surface area (Å²) in [6.45, 7) is 9.86. The first-order valence-corrected chi connectivity index (χ1v) is 8.91. The van der Waals surface area contributed by atoms with Gasteiger partial charge < -0.3 is 4.74 Å². The number of carbonyl (C=O) groups excluding carboxylic acids is 1. The standard InChI is InChI=1S/C20H28N2O2/c1-13-9-10-18(14(2)21-13)15-11-16-7-6-8-17(12-15)22(16)19(23)24-20(3,4)5/h9-11,16-17H,6-8,12H2,1-5H3. The lowest BCUT2D eigenvalue weighted by Crippen LogP contribution is -2.53. The van der Waals surface area contributed by atoms with E-state index in [-0.39, 0.29) is 18.2 Å². The Balaban J connectivity index is 1.88. The van der Waals surface area contributed by atoms with Crippen molar-refractivity contribution >= 4 is 11.7 Å². The minimum Gasteiger partial charge on any atom is -0.444 e. The Morgan fingerprint density at radius 2 is 2.00 bits per heavy atom. The molecule has 2 bridgehead atoms. The van der Waals surface area contributed by atoms with Gasteiger partial charge in [-0.15, -0.1) is 0 Å². The molecule has 0 aliphatic carbocycles. The maximum Gasteiger partial charge on any atom is 0.411 e. The molecule has 3 rings (SSSR count). The monoisotopic (exact) mass is 328 g/mol. The van der Waals surface area contributed by atoms with Crippen LogP contribution in [0.3, 0.4) is 0 Å². The van der Waals surface area contributed by atoms with Crippen LogP contribution in [0.25, 0.3) is 5.57 Å². The summed E-state index contributed by atoms with van der Waals surface area (Å²) in [5, 5.41) is 0. The van der Waals surface area contributed by atoms with Crippen LogP contribution in [0.1, 0.15) is 63.4 Å². The first kappa shape index (κ1) is 17.0. The van der Waals surface area contributed by atoms with Crippen molar-refractivity contribution in [2.75, 3.05) is 0 Å². The minimum atomic E-state index is -0.452. The van der Waals surface area contributed by atoms with E-state index in [0.717, 1.165) is 30.7 Å². The zero-order chi connectivity index (χ0) is 17.5. The molecule has 4 heteroatoms. The SMILES string of the molecule is Cc1ccc(C2=CC3CCCC(C2)N3C(=O)OC(C)(C)C)c(C)n1. The number of nitrogens with zero attached hydrogens (tertiary/aromatic N) is 2. The van der Waals surface area contributed by atoms with Gasteiger partial charge in [0.2, 0.25) is 0 Å². The van der Waals surface area contributed by atoms with E-state index in [1.807, 2.05) is 32.6 Å². The van der Waals surface area contributed by atoms with Gasteiger partial charge in [-0.3, -0.25) is 9.88 Å². The third kappa shape index (κ3) is 3.47. The second kappa shape index (κ2) is 6.23. The maximum atomic E-state index is 12.6. The largest absolute Gasteiger partial charge is 0.444 e. The van der Waals surface area contributed by atoms with Crippen LogP contribution < -0.4 is 0 Å². The third-order valence-electron chi connectivity index (χ3n) is 4.81. The van der Waals surface area contributed by atoms with Crippen molar-refractivity contribution < 1.29 is 9.53 Å². The second-order valence-electron chi connectivity index (χ2n) is 8.02. The molecule has 0 spiro atoms. The zero-order valence-corrected chi connectivity index (χ0v) is 15.4. The molecule has 0 radical (unpaired) electrons. The van der Waals surface area contributed by atoms with E-state index in [4.69, 9.17) is 4.74 Å². The Kier molecular flexibility index (Phi) is 4.41. The summed E-state index contributed by atoms with van der Waals surface area (Å²) in [7, 11) is 0. The topological polar surface area (TPSA) is 42.4 Å². The van der Waals surface area contributed by atoms with Gasteiger partial charge in [0.1, 0.15) is 5.60 Å². The highest BCUT2D eigenvalue weighted by Gasteiger charge is 2.39. The minimum absolute atomic E-state index is 0.142. The Labute approximate surface area is 144 Å². The predicted molar refractivity (Wildman–Crippen MR) is 95.8 cm³/mol. The molecule has 0 N–H and O–H groups in total. The van der Waals surface area contributed by atoms with E-state index in [0.29, 0.717) is 0 Å². The van der Waals surface area contributed by atoms with Crippen LogP contribution in [-0.4, -0.2) is 33.7 Å². The Bertz CT molecular complexity index is 673. The van der Waals surface area contributed by atoms with Crippen LogP contribution in [0.4, 0.5) is 4.79 Å². The van der Waals surface area contributed by atoms with Crippen LogP contribution in [0.5, 0.6) is 0 Å². The van der Waals surface area contributed by atoms with Gasteiger partial charge in [0.05, 0.1) is 6.04 Å². The van der Waals surface area contributed by atoms with Crippen molar-refractivity contribution in [1.29, 1.82) is 0 Å². The number of hydrogen-bond acceptors (Lipinski definition) is 3. The van der Waals surface area contributed by atoms with Crippen LogP contribution in [0.2, 0.25) is 0 Å². The van der Waals surface area contributed by atoms with Crippen molar-refractivity contribution in [3.05, 3.63) is 35.2 Å². The van der Waals surface area contributed by atoms with Crippen LogP contribution >= 0.6 is 0 Å². The number of aryl methyl sites for hydroxylation is 2. The average Bonchev–Trinajstić information content (AvgIpc) is 2.44. The Morgan fingerprint density at radius 1 is 1.25 bits per heavy atom. The lowest BCUT2D eigenvalue weighted by molar-refractivity contribution is 0.0000855. The van der Waals surface area contributed by atoms with Crippen LogP contribution in [-0.2, 0) is 4.74 Å². The van der Waals surface area contributed by atoms with Crippen molar-refractivity contribution in [1.82, 2.24) is 9.88 Å². The third-order valence-corrected chi connectivity index (χ3v) is 4.81. The quantitative estimate of drug-likeness (QED) is 0.754. The number of aromatic nitrogens is 1.